The molecule has 2 radical (unpaired) electrons. The molecule has 1 N–H and O–H groups in total. The predicted molar refractivity (Wildman–Crippen MR) is 99.0 cm³/mol. The summed E-state index contributed by atoms with van der Waals surface area (Å²) >= 11 is 0. The van der Waals surface area contributed by atoms with E-state index in [4.69, 9.17) is 4.74 Å². The van der Waals surface area contributed by atoms with E-state index in [1.54, 1.807) is 0 Å². The van der Waals surface area contributed by atoms with Crippen molar-refractivity contribution < 1.29 is 14.3 Å². The summed E-state index contributed by atoms with van der Waals surface area (Å²) in [5.41, 5.74) is 2.25. The number of carbonyl (C=O) groups excluding carboxylic acids is 1. The van der Waals surface area contributed by atoms with Crippen molar-refractivity contribution in [2.75, 3.05) is 13.7 Å². The lowest BCUT2D eigenvalue weighted by molar-refractivity contribution is -0.140. The second-order valence-electron chi connectivity index (χ2n) is 5.84. The third-order valence-electron chi connectivity index (χ3n) is 3.72. The maximum absolute atomic E-state index is 11.1. The number of benzene rings is 2. The highest BCUT2D eigenvalue weighted by molar-refractivity contribution is 5.69. The van der Waals surface area contributed by atoms with Crippen molar-refractivity contribution in [3.05, 3.63) is 78.7 Å². The van der Waals surface area contributed by atoms with Crippen LogP contribution in [-0.2, 0) is 16.0 Å². The van der Waals surface area contributed by atoms with Gasteiger partial charge in [-0.2, -0.15) is 0 Å². The highest BCUT2D eigenvalue weighted by Crippen LogP contribution is 2.14. The predicted octanol–water partition coefficient (Wildman–Crippen LogP) is 3.56. The molecule has 0 aliphatic heterocycles. The number of hydrogen-bond donors (Lipinski definition) is 1. The number of methoxy groups -OCH3 is 1. The minimum atomic E-state index is -0.191. The van der Waals surface area contributed by atoms with E-state index in [-0.39, 0.29) is 12.0 Å². The van der Waals surface area contributed by atoms with Gasteiger partial charge >= 0.3 is 5.97 Å². The summed E-state index contributed by atoms with van der Waals surface area (Å²) < 4.78 is 10.4. The zero-order valence-corrected chi connectivity index (χ0v) is 14.8. The molecule has 0 bridgehead atoms. The molecule has 0 spiro atoms. The molecule has 0 aliphatic rings. The first-order valence-corrected chi connectivity index (χ1v) is 8.43. The molecule has 0 aromatic heterocycles. The second-order valence-corrected chi connectivity index (χ2v) is 5.84. The van der Waals surface area contributed by atoms with E-state index < -0.39 is 0 Å². The minimum absolute atomic E-state index is 0.191. The number of esters is 1. The smallest absolute Gasteiger partial charge is 0.305 e. The van der Waals surface area contributed by atoms with Gasteiger partial charge in [-0.3, -0.25) is 4.79 Å². The molecule has 4 nitrogen and oxygen atoms in total. The van der Waals surface area contributed by atoms with Crippen LogP contribution >= 0.6 is 0 Å². The highest BCUT2D eigenvalue weighted by atomic mass is 16.5. The van der Waals surface area contributed by atoms with E-state index in [2.05, 4.69) is 29.1 Å². The molecule has 4 heteroatoms. The van der Waals surface area contributed by atoms with Crippen LogP contribution in [0.25, 0.3) is 0 Å². The third kappa shape index (κ3) is 7.40. The van der Waals surface area contributed by atoms with Crippen LogP contribution in [0, 0.1) is 13.0 Å². The van der Waals surface area contributed by atoms with Crippen LogP contribution in [-0.4, -0.2) is 25.7 Å². The van der Waals surface area contributed by atoms with Crippen LogP contribution in [0.4, 0.5) is 0 Å². The number of nitrogens with one attached hydrogen (secondary N) is 1. The Morgan fingerprint density at radius 3 is 2.52 bits per heavy atom. The Labute approximate surface area is 150 Å². The monoisotopic (exact) mass is 339 g/mol. The average molecular weight is 339 g/mol. The number of carbonyl (C=O) groups is 1. The first-order valence-electron chi connectivity index (χ1n) is 8.43. The molecule has 2 aromatic carbocycles. The van der Waals surface area contributed by atoms with Gasteiger partial charge in [-0.05, 0) is 36.6 Å². The number of rotatable bonds is 10. The summed E-state index contributed by atoms with van der Waals surface area (Å²) in [4.78, 5) is 11.1. The zero-order valence-electron chi connectivity index (χ0n) is 14.8. The summed E-state index contributed by atoms with van der Waals surface area (Å²) in [5, 5.41) is 3.29. The van der Waals surface area contributed by atoms with Crippen molar-refractivity contribution >= 4 is 5.97 Å². The lowest BCUT2D eigenvalue weighted by Crippen LogP contribution is -2.30. The lowest BCUT2D eigenvalue weighted by atomic mass is 10.1. The van der Waals surface area contributed by atoms with Gasteiger partial charge in [0.2, 0.25) is 0 Å². The van der Waals surface area contributed by atoms with Crippen molar-refractivity contribution in [2.24, 2.45) is 0 Å². The Kier molecular flexibility index (Phi) is 7.99. The van der Waals surface area contributed by atoms with Gasteiger partial charge in [-0.25, -0.2) is 0 Å². The zero-order chi connectivity index (χ0) is 17.9. The van der Waals surface area contributed by atoms with Gasteiger partial charge < -0.3 is 14.8 Å². The van der Waals surface area contributed by atoms with Gasteiger partial charge in [0.1, 0.15) is 12.4 Å². The molecule has 25 heavy (non-hydrogen) atoms. The van der Waals surface area contributed by atoms with Crippen molar-refractivity contribution in [2.45, 2.75) is 25.8 Å². The van der Waals surface area contributed by atoms with Crippen LogP contribution in [0.15, 0.2) is 54.6 Å². The summed E-state index contributed by atoms with van der Waals surface area (Å²) in [6.07, 6.45) is 3.10. The van der Waals surface area contributed by atoms with Gasteiger partial charge in [0.25, 0.3) is 0 Å². The Morgan fingerprint density at radius 2 is 1.84 bits per heavy atom. The fourth-order valence-corrected chi connectivity index (χ4v) is 2.24. The molecule has 0 heterocycles. The SMILES string of the molecule is COC(=O)CCc1ccc(OCC(C)N[CH][CH]c2ccccc2)cc1. The first kappa shape index (κ1) is 19.0. The summed E-state index contributed by atoms with van der Waals surface area (Å²) in [5.74, 6) is 0.631. The van der Waals surface area contributed by atoms with E-state index >= 15 is 0 Å². The van der Waals surface area contributed by atoms with Gasteiger partial charge in [0.15, 0.2) is 0 Å². The summed E-state index contributed by atoms with van der Waals surface area (Å²) in [6, 6.07) is 18.2. The van der Waals surface area contributed by atoms with Crippen LogP contribution in [0.5, 0.6) is 5.75 Å². The topological polar surface area (TPSA) is 47.6 Å². The maximum Gasteiger partial charge on any atom is 0.305 e. The fourth-order valence-electron chi connectivity index (χ4n) is 2.24. The van der Waals surface area contributed by atoms with Crippen molar-refractivity contribution in [1.29, 1.82) is 0 Å². The summed E-state index contributed by atoms with van der Waals surface area (Å²) in [6.45, 7) is 4.58. The van der Waals surface area contributed by atoms with E-state index in [0.717, 1.165) is 16.9 Å². The third-order valence-corrected chi connectivity index (χ3v) is 3.72. The van der Waals surface area contributed by atoms with E-state index in [1.807, 2.05) is 55.4 Å². The average Bonchev–Trinajstić information content (AvgIpc) is 2.66. The molecule has 0 aliphatic carbocycles. The number of ether oxygens (including phenoxy) is 2. The highest BCUT2D eigenvalue weighted by Gasteiger charge is 2.05. The van der Waals surface area contributed by atoms with E-state index in [9.17, 15) is 4.79 Å². The number of aryl methyl sites for hydroxylation is 1. The maximum atomic E-state index is 11.1. The lowest BCUT2D eigenvalue weighted by Gasteiger charge is -2.15. The standard InChI is InChI=1S/C21H25NO3/c1-17(22-15-14-18-6-4-3-5-7-18)16-25-20-11-8-19(9-12-20)10-13-21(23)24-2/h3-9,11-12,14-15,17,22H,10,13,16H2,1-2H3. The first-order chi connectivity index (χ1) is 12.2. The van der Waals surface area contributed by atoms with Crippen LogP contribution in [0.3, 0.4) is 0 Å². The molecule has 0 saturated carbocycles. The number of hydrogen-bond acceptors (Lipinski definition) is 4. The van der Waals surface area contributed by atoms with Crippen LogP contribution < -0.4 is 10.1 Å². The Balaban J connectivity index is 1.65. The van der Waals surface area contributed by atoms with E-state index in [0.29, 0.717) is 19.4 Å². The molecule has 0 fully saturated rings. The van der Waals surface area contributed by atoms with Gasteiger partial charge in [-0.15, -0.1) is 0 Å². The van der Waals surface area contributed by atoms with Gasteiger partial charge in [0.05, 0.1) is 7.11 Å². The molecule has 0 saturated heterocycles. The van der Waals surface area contributed by atoms with Crippen LogP contribution in [0.1, 0.15) is 24.5 Å². The molecular formula is C21H25NO3. The molecule has 2 aromatic rings. The van der Waals surface area contributed by atoms with Crippen LogP contribution in [0.2, 0.25) is 0 Å². The summed E-state index contributed by atoms with van der Waals surface area (Å²) in [7, 11) is 1.41. The minimum Gasteiger partial charge on any atom is -0.492 e. The van der Waals surface area contributed by atoms with Gasteiger partial charge in [0, 0.05) is 25.4 Å². The second kappa shape index (κ2) is 10.5. The molecule has 132 valence electrons. The Morgan fingerprint density at radius 1 is 1.12 bits per heavy atom. The van der Waals surface area contributed by atoms with Crippen molar-refractivity contribution in [3.8, 4) is 5.75 Å². The largest absolute Gasteiger partial charge is 0.492 e. The molecular weight excluding hydrogens is 314 g/mol. The van der Waals surface area contributed by atoms with E-state index in [1.165, 1.54) is 7.11 Å². The Bertz CT molecular complexity index is 625. The molecule has 2 rings (SSSR count). The fraction of sp³-hybridized carbons (Fsp3) is 0.286. The molecule has 0 amide bonds. The quantitative estimate of drug-likeness (QED) is 0.672. The molecule has 1 atom stereocenters. The normalized spacial score (nSPS) is 11.8. The Hall–Kier alpha value is -2.33. The van der Waals surface area contributed by atoms with Crippen molar-refractivity contribution in [3.63, 3.8) is 0 Å². The van der Waals surface area contributed by atoms with Gasteiger partial charge in [-0.1, -0.05) is 42.5 Å². The van der Waals surface area contributed by atoms with Crippen molar-refractivity contribution in [1.82, 2.24) is 5.32 Å². The molecule has 1 unspecified atom stereocenters.